The molecule has 0 unspecified atom stereocenters. The van der Waals surface area contributed by atoms with Gasteiger partial charge in [-0.3, -0.25) is 14.5 Å². The van der Waals surface area contributed by atoms with Gasteiger partial charge in [0.1, 0.15) is 5.52 Å². The molecule has 1 aromatic carbocycles. The monoisotopic (exact) mass is 439 g/mol. The highest BCUT2D eigenvalue weighted by Gasteiger charge is 2.34. The molecule has 1 atom stereocenters. The van der Waals surface area contributed by atoms with Crippen molar-refractivity contribution in [3.8, 4) is 11.3 Å². The molecule has 4 heterocycles. The van der Waals surface area contributed by atoms with E-state index in [2.05, 4.69) is 10.1 Å². The van der Waals surface area contributed by atoms with Crippen LogP contribution in [-0.4, -0.2) is 36.7 Å². The van der Waals surface area contributed by atoms with Gasteiger partial charge in [-0.25, -0.2) is 13.2 Å². The summed E-state index contributed by atoms with van der Waals surface area (Å²) >= 11 is 0. The van der Waals surface area contributed by atoms with Gasteiger partial charge in [0.05, 0.1) is 28.5 Å². The highest BCUT2D eigenvalue weighted by molar-refractivity contribution is 6.05. The molecular formula is C23H20F3N5O. The van der Waals surface area contributed by atoms with Crippen LogP contribution in [0.3, 0.4) is 0 Å². The molecule has 1 amide bonds. The summed E-state index contributed by atoms with van der Waals surface area (Å²) in [5.74, 6) is -4.16. The van der Waals surface area contributed by atoms with Gasteiger partial charge in [0.25, 0.3) is 5.91 Å². The van der Waals surface area contributed by atoms with Crippen molar-refractivity contribution >= 4 is 16.9 Å². The quantitative estimate of drug-likeness (QED) is 0.441. The molecule has 6 nitrogen and oxygen atoms in total. The highest BCUT2D eigenvalue weighted by Crippen LogP contribution is 2.37. The van der Waals surface area contributed by atoms with E-state index in [1.165, 1.54) is 4.68 Å². The van der Waals surface area contributed by atoms with Gasteiger partial charge < -0.3 is 9.47 Å². The van der Waals surface area contributed by atoms with Crippen molar-refractivity contribution in [2.45, 2.75) is 19.4 Å². The second-order valence-corrected chi connectivity index (χ2v) is 8.04. The van der Waals surface area contributed by atoms with Crippen molar-refractivity contribution in [1.82, 2.24) is 24.2 Å². The van der Waals surface area contributed by atoms with E-state index < -0.39 is 17.5 Å². The number of hydrogen-bond donors (Lipinski definition) is 0. The molecule has 1 aliphatic rings. The first-order valence-electron chi connectivity index (χ1n) is 10.2. The minimum Gasteiger partial charge on any atom is -0.348 e. The minimum atomic E-state index is -1.50. The molecule has 0 radical (unpaired) electrons. The summed E-state index contributed by atoms with van der Waals surface area (Å²) in [5.41, 5.74) is 4.19. The summed E-state index contributed by atoms with van der Waals surface area (Å²) in [5, 5.41) is 4.55. The maximum atomic E-state index is 13.9. The Morgan fingerprint density at radius 3 is 2.59 bits per heavy atom. The fourth-order valence-corrected chi connectivity index (χ4v) is 4.60. The Hall–Kier alpha value is -3.62. The maximum Gasteiger partial charge on any atom is 0.258 e. The summed E-state index contributed by atoms with van der Waals surface area (Å²) in [4.78, 5) is 19.5. The van der Waals surface area contributed by atoms with Crippen molar-refractivity contribution in [1.29, 1.82) is 0 Å². The molecule has 4 aromatic rings. The number of aryl methyl sites for hydroxylation is 2. The van der Waals surface area contributed by atoms with Crippen LogP contribution in [0.15, 0.2) is 36.7 Å². The summed E-state index contributed by atoms with van der Waals surface area (Å²) < 4.78 is 44.5. The number of amides is 1. The van der Waals surface area contributed by atoms with Gasteiger partial charge in [-0.15, -0.1) is 0 Å². The minimum absolute atomic E-state index is 0.154. The lowest BCUT2D eigenvalue weighted by molar-refractivity contribution is 0.0675. The van der Waals surface area contributed by atoms with Crippen molar-refractivity contribution < 1.29 is 18.0 Å². The van der Waals surface area contributed by atoms with Crippen molar-refractivity contribution in [2.24, 2.45) is 14.1 Å². The first-order valence-corrected chi connectivity index (χ1v) is 10.2. The van der Waals surface area contributed by atoms with Crippen LogP contribution in [0.2, 0.25) is 0 Å². The molecule has 0 bridgehead atoms. The number of rotatable bonds is 2. The van der Waals surface area contributed by atoms with Crippen LogP contribution in [0.5, 0.6) is 0 Å². The van der Waals surface area contributed by atoms with Gasteiger partial charge in [-0.05, 0) is 37.6 Å². The summed E-state index contributed by atoms with van der Waals surface area (Å²) in [6.45, 7) is 2.28. The Labute approximate surface area is 181 Å². The number of hydrogen-bond acceptors (Lipinski definition) is 3. The third kappa shape index (κ3) is 2.91. The zero-order valence-electron chi connectivity index (χ0n) is 17.7. The van der Waals surface area contributed by atoms with Crippen molar-refractivity contribution in [2.75, 3.05) is 6.54 Å². The Kier molecular flexibility index (Phi) is 4.58. The fourth-order valence-electron chi connectivity index (χ4n) is 4.60. The zero-order chi connectivity index (χ0) is 22.7. The first-order chi connectivity index (χ1) is 15.3. The molecule has 0 spiro atoms. The number of carbonyl (C=O) groups is 1. The Balaban J connectivity index is 1.54. The molecule has 9 heteroatoms. The Morgan fingerprint density at radius 2 is 1.88 bits per heavy atom. The lowest BCUT2D eigenvalue weighted by Gasteiger charge is -2.32. The standard InChI is InChI=1S/C23H20F3N5O/c1-12-20-14(22(30(3)28-20)13-9-16(24)19(26)17(25)10-13)6-8-31(12)23(32)15-11-29(2)18-5-4-7-27-21(15)18/h4-5,7,9-12H,6,8H2,1-3H3/t12-/m0/s1. The molecule has 0 fully saturated rings. The van der Waals surface area contributed by atoms with Gasteiger partial charge in [0, 0.05) is 44.2 Å². The van der Waals surface area contributed by atoms with E-state index in [1.807, 2.05) is 30.7 Å². The van der Waals surface area contributed by atoms with Gasteiger partial charge in [-0.1, -0.05) is 0 Å². The van der Waals surface area contributed by atoms with E-state index in [1.54, 1.807) is 24.3 Å². The zero-order valence-corrected chi connectivity index (χ0v) is 17.7. The molecule has 1 aliphatic heterocycles. The van der Waals surface area contributed by atoms with Crippen LogP contribution >= 0.6 is 0 Å². The normalized spacial score (nSPS) is 15.9. The van der Waals surface area contributed by atoms with Crippen LogP contribution in [0.1, 0.15) is 34.6 Å². The molecule has 5 rings (SSSR count). The molecule has 0 saturated heterocycles. The van der Waals surface area contributed by atoms with Crippen LogP contribution in [0.25, 0.3) is 22.3 Å². The Morgan fingerprint density at radius 1 is 1.16 bits per heavy atom. The summed E-state index contributed by atoms with van der Waals surface area (Å²) in [7, 11) is 3.53. The average molecular weight is 439 g/mol. The van der Waals surface area contributed by atoms with Gasteiger partial charge in [0.2, 0.25) is 0 Å². The summed E-state index contributed by atoms with van der Waals surface area (Å²) in [6, 6.07) is 5.31. The number of fused-ring (bicyclic) bond motifs is 2. The number of carbonyl (C=O) groups excluding carboxylic acids is 1. The molecule has 0 saturated carbocycles. The van der Waals surface area contributed by atoms with Crippen LogP contribution in [-0.2, 0) is 20.5 Å². The number of benzene rings is 1. The molecule has 3 aromatic heterocycles. The van der Waals surface area contributed by atoms with E-state index in [4.69, 9.17) is 0 Å². The van der Waals surface area contributed by atoms with E-state index in [9.17, 15) is 18.0 Å². The molecule has 0 aliphatic carbocycles. The van der Waals surface area contributed by atoms with E-state index >= 15 is 0 Å². The predicted octanol–water partition coefficient (Wildman–Crippen LogP) is 4.15. The number of nitrogens with zero attached hydrogens (tertiary/aromatic N) is 5. The van der Waals surface area contributed by atoms with Crippen molar-refractivity contribution in [3.63, 3.8) is 0 Å². The summed E-state index contributed by atoms with van der Waals surface area (Å²) in [6.07, 6.45) is 3.88. The first kappa shape index (κ1) is 20.3. The van der Waals surface area contributed by atoms with E-state index in [-0.39, 0.29) is 17.5 Å². The lowest BCUT2D eigenvalue weighted by Crippen LogP contribution is -2.38. The van der Waals surface area contributed by atoms with Crippen LogP contribution in [0, 0.1) is 17.5 Å². The van der Waals surface area contributed by atoms with E-state index in [0.717, 1.165) is 23.2 Å². The van der Waals surface area contributed by atoms with Crippen LogP contribution in [0.4, 0.5) is 13.2 Å². The smallest absolute Gasteiger partial charge is 0.258 e. The molecule has 0 N–H and O–H groups in total. The second-order valence-electron chi connectivity index (χ2n) is 8.04. The molecule has 32 heavy (non-hydrogen) atoms. The number of aromatic nitrogens is 4. The second kappa shape index (κ2) is 7.22. The van der Waals surface area contributed by atoms with Gasteiger partial charge in [-0.2, -0.15) is 5.10 Å². The van der Waals surface area contributed by atoms with Gasteiger partial charge >= 0.3 is 0 Å². The Bertz CT molecular complexity index is 1370. The largest absolute Gasteiger partial charge is 0.348 e. The average Bonchev–Trinajstić information content (AvgIpc) is 3.29. The molecule has 164 valence electrons. The number of halogens is 3. The number of pyridine rings is 1. The predicted molar refractivity (Wildman–Crippen MR) is 112 cm³/mol. The van der Waals surface area contributed by atoms with Crippen molar-refractivity contribution in [3.05, 3.63) is 70.9 Å². The fraction of sp³-hybridized carbons (Fsp3) is 0.261. The molecular weight excluding hydrogens is 419 g/mol. The SMILES string of the molecule is C[C@H]1c2nn(C)c(-c3cc(F)c(F)c(F)c3)c2CCN1C(=O)c1cn(C)c2cccnc12. The third-order valence-electron chi connectivity index (χ3n) is 6.14. The lowest BCUT2D eigenvalue weighted by atomic mass is 9.95. The topological polar surface area (TPSA) is 56.0 Å². The van der Waals surface area contributed by atoms with Gasteiger partial charge in [0.15, 0.2) is 17.5 Å². The highest BCUT2D eigenvalue weighted by atomic mass is 19.2. The maximum absolute atomic E-state index is 13.9. The van der Waals surface area contributed by atoms with E-state index in [0.29, 0.717) is 35.4 Å². The third-order valence-corrected chi connectivity index (χ3v) is 6.14. The van der Waals surface area contributed by atoms with Crippen LogP contribution < -0.4 is 0 Å².